The number of amides is 1. The van der Waals surface area contributed by atoms with Gasteiger partial charge in [-0.05, 0) is 48.6 Å². The first kappa shape index (κ1) is 27.0. The third-order valence-electron chi connectivity index (χ3n) is 6.24. The number of benzene rings is 2. The summed E-state index contributed by atoms with van der Waals surface area (Å²) in [6.07, 6.45) is 3.12. The minimum atomic E-state index is -0.948. The number of aliphatic carboxylic acids is 1. The molecule has 0 bridgehead atoms. The Balaban J connectivity index is 1.67. The second-order valence-corrected chi connectivity index (χ2v) is 9.92. The Morgan fingerprint density at radius 2 is 1.74 bits per heavy atom. The van der Waals surface area contributed by atoms with E-state index >= 15 is 0 Å². The minimum Gasteiger partial charge on any atom is -0.478 e. The maximum Gasteiger partial charge on any atom is 0.331 e. The van der Waals surface area contributed by atoms with Crippen LogP contribution in [0.4, 0.5) is 0 Å². The van der Waals surface area contributed by atoms with Crippen molar-refractivity contribution in [2.45, 2.75) is 81.5 Å². The Bertz CT molecular complexity index is 990. The zero-order valence-electron chi connectivity index (χ0n) is 20.7. The van der Waals surface area contributed by atoms with E-state index in [1.807, 2.05) is 19.9 Å². The SMILES string of the molecule is CCC(CC)O[C@@H]1C=C(C(=O)O)C[C@H](NCc2ccc(SCc3ccccc3)cc2)[C@H]1NC(C)=O. The number of carbonyl (C=O) groups is 2. The van der Waals surface area contributed by atoms with Crippen molar-refractivity contribution in [1.29, 1.82) is 0 Å². The first-order valence-electron chi connectivity index (χ1n) is 12.2. The number of ether oxygens (including phenoxy) is 1. The second-order valence-electron chi connectivity index (χ2n) is 8.87. The van der Waals surface area contributed by atoms with Gasteiger partial charge in [-0.25, -0.2) is 4.79 Å². The third-order valence-corrected chi connectivity index (χ3v) is 7.32. The van der Waals surface area contributed by atoms with Gasteiger partial charge in [-0.1, -0.05) is 56.3 Å². The summed E-state index contributed by atoms with van der Waals surface area (Å²) < 4.78 is 6.25. The van der Waals surface area contributed by atoms with E-state index in [4.69, 9.17) is 4.74 Å². The molecule has 2 aromatic carbocycles. The van der Waals surface area contributed by atoms with E-state index in [2.05, 4.69) is 59.2 Å². The molecule has 7 heteroatoms. The molecule has 0 aromatic heterocycles. The topological polar surface area (TPSA) is 87.7 Å². The van der Waals surface area contributed by atoms with Crippen molar-refractivity contribution in [1.82, 2.24) is 10.6 Å². The summed E-state index contributed by atoms with van der Waals surface area (Å²) in [5, 5.41) is 16.2. The predicted molar refractivity (Wildman–Crippen MR) is 140 cm³/mol. The molecule has 0 fully saturated rings. The molecule has 1 aliphatic carbocycles. The summed E-state index contributed by atoms with van der Waals surface area (Å²) in [7, 11) is 0. The summed E-state index contributed by atoms with van der Waals surface area (Å²) in [6, 6.07) is 18.2. The number of rotatable bonds is 12. The van der Waals surface area contributed by atoms with Crippen molar-refractivity contribution < 1.29 is 19.4 Å². The van der Waals surface area contributed by atoms with Gasteiger partial charge in [0.1, 0.15) is 0 Å². The van der Waals surface area contributed by atoms with E-state index in [1.165, 1.54) is 17.4 Å². The largest absolute Gasteiger partial charge is 0.478 e. The van der Waals surface area contributed by atoms with Crippen LogP contribution in [0.25, 0.3) is 0 Å². The Labute approximate surface area is 212 Å². The average molecular weight is 497 g/mol. The molecule has 0 saturated carbocycles. The van der Waals surface area contributed by atoms with Crippen LogP contribution < -0.4 is 10.6 Å². The highest BCUT2D eigenvalue weighted by molar-refractivity contribution is 7.98. The lowest BCUT2D eigenvalue weighted by molar-refractivity contribution is -0.133. The normalized spacial score (nSPS) is 19.9. The van der Waals surface area contributed by atoms with Crippen LogP contribution in [0.15, 0.2) is 71.1 Å². The fourth-order valence-electron chi connectivity index (χ4n) is 4.26. The van der Waals surface area contributed by atoms with Gasteiger partial charge in [0, 0.05) is 35.7 Å². The molecule has 0 aliphatic heterocycles. The molecule has 1 amide bonds. The van der Waals surface area contributed by atoms with Crippen LogP contribution in [0, 0.1) is 0 Å². The fraction of sp³-hybridized carbons (Fsp3) is 0.429. The van der Waals surface area contributed by atoms with Crippen LogP contribution >= 0.6 is 11.8 Å². The van der Waals surface area contributed by atoms with E-state index in [1.54, 1.807) is 17.8 Å². The van der Waals surface area contributed by atoms with Gasteiger partial charge in [-0.3, -0.25) is 4.79 Å². The fourth-order valence-corrected chi connectivity index (χ4v) is 5.11. The standard InChI is InChI=1S/C28H36N2O4S/c1-4-23(5-2)34-26-16-22(28(32)33)15-25(27(26)30-19(3)31)29-17-20-11-13-24(14-12-20)35-18-21-9-7-6-8-10-21/h6-14,16,23,25-27,29H,4-5,15,17-18H2,1-3H3,(H,30,31)(H,32,33)/t25-,26+,27+/m0/s1. The molecule has 0 heterocycles. The van der Waals surface area contributed by atoms with Crippen LogP contribution in [-0.4, -0.2) is 41.3 Å². The summed E-state index contributed by atoms with van der Waals surface area (Å²) in [6.45, 7) is 6.13. The molecular weight excluding hydrogens is 460 g/mol. The van der Waals surface area contributed by atoms with Gasteiger partial charge in [0.25, 0.3) is 0 Å². The Kier molecular flexibility index (Phi) is 10.4. The van der Waals surface area contributed by atoms with Crippen molar-refractivity contribution in [2.24, 2.45) is 0 Å². The molecule has 0 saturated heterocycles. The molecule has 3 atom stereocenters. The van der Waals surface area contributed by atoms with Gasteiger partial charge in [0.2, 0.25) is 5.91 Å². The van der Waals surface area contributed by atoms with Gasteiger partial charge in [-0.2, -0.15) is 0 Å². The average Bonchev–Trinajstić information content (AvgIpc) is 2.86. The van der Waals surface area contributed by atoms with E-state index in [0.717, 1.165) is 24.2 Å². The molecule has 1 aliphatic rings. The van der Waals surface area contributed by atoms with Gasteiger partial charge >= 0.3 is 5.97 Å². The highest BCUT2D eigenvalue weighted by atomic mass is 32.2. The van der Waals surface area contributed by atoms with E-state index in [-0.39, 0.29) is 24.1 Å². The van der Waals surface area contributed by atoms with E-state index in [0.29, 0.717) is 18.5 Å². The van der Waals surface area contributed by atoms with Crippen LogP contribution in [0.5, 0.6) is 0 Å². The molecule has 6 nitrogen and oxygen atoms in total. The van der Waals surface area contributed by atoms with Crippen molar-refractivity contribution in [3.63, 3.8) is 0 Å². The molecule has 3 rings (SSSR count). The first-order valence-corrected chi connectivity index (χ1v) is 13.2. The maximum absolute atomic E-state index is 12.0. The van der Waals surface area contributed by atoms with Gasteiger partial charge in [0.15, 0.2) is 0 Å². The minimum absolute atomic E-state index is 0.00207. The predicted octanol–water partition coefficient (Wildman–Crippen LogP) is 4.93. The number of nitrogens with one attached hydrogen (secondary N) is 2. The van der Waals surface area contributed by atoms with Crippen LogP contribution in [0.3, 0.4) is 0 Å². The highest BCUT2D eigenvalue weighted by Crippen LogP contribution is 2.26. The number of thioether (sulfide) groups is 1. The summed E-state index contributed by atoms with van der Waals surface area (Å²) in [5.41, 5.74) is 2.70. The molecule has 0 radical (unpaired) electrons. The molecule has 3 N–H and O–H groups in total. The Morgan fingerprint density at radius 1 is 1.06 bits per heavy atom. The zero-order valence-corrected chi connectivity index (χ0v) is 21.5. The van der Waals surface area contributed by atoms with Crippen LogP contribution in [0.1, 0.15) is 51.2 Å². The Morgan fingerprint density at radius 3 is 2.34 bits per heavy atom. The number of carbonyl (C=O) groups excluding carboxylic acids is 1. The second kappa shape index (κ2) is 13.5. The smallest absolute Gasteiger partial charge is 0.331 e. The third kappa shape index (κ3) is 8.23. The van der Waals surface area contributed by atoms with Crippen LogP contribution in [0.2, 0.25) is 0 Å². The van der Waals surface area contributed by atoms with Gasteiger partial charge in [-0.15, -0.1) is 11.8 Å². The molecule has 35 heavy (non-hydrogen) atoms. The monoisotopic (exact) mass is 496 g/mol. The molecule has 0 spiro atoms. The van der Waals surface area contributed by atoms with E-state index < -0.39 is 12.1 Å². The van der Waals surface area contributed by atoms with Gasteiger partial charge in [0.05, 0.1) is 18.2 Å². The van der Waals surface area contributed by atoms with Gasteiger partial charge < -0.3 is 20.5 Å². The lowest BCUT2D eigenvalue weighted by atomic mass is 9.87. The summed E-state index contributed by atoms with van der Waals surface area (Å²) >= 11 is 1.79. The van der Waals surface area contributed by atoms with Crippen molar-refractivity contribution in [3.05, 3.63) is 77.4 Å². The highest BCUT2D eigenvalue weighted by Gasteiger charge is 2.37. The lowest BCUT2D eigenvalue weighted by Gasteiger charge is -2.38. The van der Waals surface area contributed by atoms with E-state index in [9.17, 15) is 14.7 Å². The molecule has 2 aromatic rings. The zero-order chi connectivity index (χ0) is 25.2. The first-order chi connectivity index (χ1) is 16.9. The maximum atomic E-state index is 12.0. The molecule has 0 unspecified atom stereocenters. The molecular formula is C28H36N2O4S. The Hall–Kier alpha value is -2.61. The number of carboxylic acid groups (broad SMARTS) is 1. The summed E-state index contributed by atoms with van der Waals surface area (Å²) in [4.78, 5) is 25.0. The summed E-state index contributed by atoms with van der Waals surface area (Å²) in [5.74, 6) is -0.191. The quantitative estimate of drug-likeness (QED) is 0.361. The molecule has 188 valence electrons. The lowest BCUT2D eigenvalue weighted by Crippen LogP contribution is -2.58. The number of hydrogen-bond donors (Lipinski definition) is 3. The van der Waals surface area contributed by atoms with Crippen molar-refractivity contribution >= 4 is 23.6 Å². The number of carboxylic acids is 1. The number of hydrogen-bond acceptors (Lipinski definition) is 5. The van der Waals surface area contributed by atoms with Crippen molar-refractivity contribution in [3.8, 4) is 0 Å². The van der Waals surface area contributed by atoms with Crippen molar-refractivity contribution in [2.75, 3.05) is 0 Å². The van der Waals surface area contributed by atoms with Crippen LogP contribution in [-0.2, 0) is 26.6 Å².